The molecule has 0 saturated heterocycles. The van der Waals surface area contributed by atoms with Gasteiger partial charge in [-0.2, -0.15) is 0 Å². The van der Waals surface area contributed by atoms with Crippen LogP contribution in [-0.2, 0) is 24.0 Å². The zero-order valence-electron chi connectivity index (χ0n) is 21.5. The fourth-order valence-corrected chi connectivity index (χ4v) is 4.88. The number of amides is 1. The monoisotopic (exact) mass is 545 g/mol. The highest BCUT2D eigenvalue weighted by Crippen LogP contribution is 2.23. The maximum Gasteiger partial charge on any atom is 0.264 e. The largest absolute Gasteiger partial charge is 0.390 e. The molecule has 0 aromatic heterocycles. The van der Waals surface area contributed by atoms with Crippen LogP contribution < -0.4 is 15.4 Å². The summed E-state index contributed by atoms with van der Waals surface area (Å²) in [5, 5.41) is 27.0. The summed E-state index contributed by atoms with van der Waals surface area (Å²) in [5.74, 6) is -1.42. The molecule has 0 saturated carbocycles. The van der Waals surface area contributed by atoms with Crippen molar-refractivity contribution < 1.29 is 28.0 Å². The Balaban J connectivity index is 0.000000375. The second kappa shape index (κ2) is 13.7. The second-order valence-electron chi connectivity index (χ2n) is 9.13. The number of rotatable bonds is 9. The van der Waals surface area contributed by atoms with Crippen LogP contribution in [0.15, 0.2) is 65.6 Å². The highest BCUT2D eigenvalue weighted by molar-refractivity contribution is 7.84. The average molecular weight is 546 g/mol. The summed E-state index contributed by atoms with van der Waals surface area (Å²) in [6.07, 6.45) is -0.791. The van der Waals surface area contributed by atoms with Crippen LogP contribution in [0.2, 0.25) is 0 Å². The molecule has 0 aliphatic carbocycles. The molecule has 4 atom stereocenters. The molecule has 0 fully saturated rings. The number of hydrogen-bond acceptors (Lipinski definition) is 6. The molecule has 0 spiro atoms. The second-order valence-corrected chi connectivity index (χ2v) is 10.3. The van der Waals surface area contributed by atoms with Crippen LogP contribution in [0, 0.1) is 18.6 Å². The molecule has 3 aromatic carbocycles. The minimum Gasteiger partial charge on any atom is -0.390 e. The van der Waals surface area contributed by atoms with Crippen molar-refractivity contribution in [2.45, 2.75) is 57.0 Å². The Morgan fingerprint density at radius 3 is 2.34 bits per heavy atom. The number of aliphatic hydroxyl groups is 2. The van der Waals surface area contributed by atoms with Gasteiger partial charge >= 0.3 is 0 Å². The number of fused-ring (bicyclic) bond motifs is 1. The van der Waals surface area contributed by atoms with Crippen molar-refractivity contribution >= 4 is 16.9 Å². The molecule has 204 valence electrons. The predicted octanol–water partition coefficient (Wildman–Crippen LogP) is 3.41. The number of aliphatic hydroxyl groups excluding tert-OH is 2. The third kappa shape index (κ3) is 8.24. The number of nitrogens with one attached hydrogen (secondary N) is 3. The van der Waals surface area contributed by atoms with Gasteiger partial charge in [0.25, 0.3) is 5.91 Å². The topological polar surface area (TPSA) is 111 Å². The molecule has 4 rings (SSSR count). The van der Waals surface area contributed by atoms with E-state index in [1.807, 2.05) is 12.1 Å². The number of aryl methyl sites for hydroxylation is 2. The smallest absolute Gasteiger partial charge is 0.264 e. The van der Waals surface area contributed by atoms with Crippen molar-refractivity contribution in [3.8, 4) is 0 Å². The molecular formula is C28H33F2N3O4S. The molecular weight excluding hydrogens is 512 g/mol. The maximum atomic E-state index is 12.2. The average Bonchev–Trinajstić information content (AvgIpc) is 3.16. The van der Waals surface area contributed by atoms with Gasteiger partial charge in [0.15, 0.2) is 11.0 Å². The first kappa shape index (κ1) is 29.5. The summed E-state index contributed by atoms with van der Waals surface area (Å²) < 4.78 is 38.6. The zero-order chi connectivity index (χ0) is 27.8. The molecule has 0 bridgehead atoms. The predicted molar refractivity (Wildman–Crippen MR) is 143 cm³/mol. The minimum absolute atomic E-state index is 0.351. The van der Waals surface area contributed by atoms with Crippen LogP contribution in [0.5, 0.6) is 0 Å². The van der Waals surface area contributed by atoms with Gasteiger partial charge in [0.05, 0.1) is 16.6 Å². The van der Waals surface area contributed by atoms with Gasteiger partial charge in [-0.25, -0.2) is 13.0 Å². The molecule has 7 nitrogen and oxygen atoms in total. The van der Waals surface area contributed by atoms with E-state index in [1.54, 1.807) is 32.0 Å². The lowest BCUT2D eigenvalue weighted by Crippen LogP contribution is -2.44. The molecule has 3 aromatic rings. The minimum atomic E-state index is -1.60. The number of halogens is 2. The Kier molecular flexibility index (Phi) is 10.6. The van der Waals surface area contributed by atoms with Crippen molar-refractivity contribution in [2.75, 3.05) is 6.54 Å². The van der Waals surface area contributed by atoms with E-state index < -0.39 is 41.0 Å². The van der Waals surface area contributed by atoms with Gasteiger partial charge in [0.2, 0.25) is 0 Å². The van der Waals surface area contributed by atoms with E-state index in [0.29, 0.717) is 34.7 Å². The van der Waals surface area contributed by atoms with E-state index in [-0.39, 0.29) is 5.91 Å². The van der Waals surface area contributed by atoms with Gasteiger partial charge in [-0.3, -0.25) is 14.8 Å². The quantitative estimate of drug-likeness (QED) is 0.264. The normalized spacial score (nSPS) is 16.6. The molecule has 10 heteroatoms. The number of hydrogen-bond donors (Lipinski definition) is 5. The first-order valence-corrected chi connectivity index (χ1v) is 13.4. The standard InChI is InChI=1S/C21H27N3O4S.C7H6F2/c1-3-14-5-4-6-15(9-14)11-22-12-18(25)13(2)23-20(26)16-7-8-17-19(10-16)29(28)24-21(17)27;1-5-2-6(8)4-7(9)3-5/h4-10,13,18,20,22-23,25-26H,3,11-12H2,1-2H3,(H,24,27);2-4H,1H3. The van der Waals surface area contributed by atoms with Gasteiger partial charge in [-0.05, 0) is 66.8 Å². The Morgan fingerprint density at radius 1 is 1.00 bits per heavy atom. The van der Waals surface area contributed by atoms with Gasteiger partial charge in [-0.1, -0.05) is 37.3 Å². The van der Waals surface area contributed by atoms with Crippen molar-refractivity contribution in [2.24, 2.45) is 0 Å². The Bertz CT molecular complexity index is 1240. The number of benzene rings is 3. The Labute approximate surface area is 223 Å². The van der Waals surface area contributed by atoms with E-state index in [1.165, 1.54) is 17.7 Å². The molecule has 1 heterocycles. The lowest BCUT2D eigenvalue weighted by molar-refractivity contribution is 0.0705. The van der Waals surface area contributed by atoms with Crippen molar-refractivity contribution in [1.82, 2.24) is 15.4 Å². The van der Waals surface area contributed by atoms with E-state index in [4.69, 9.17) is 0 Å². The van der Waals surface area contributed by atoms with Crippen LogP contribution in [0.3, 0.4) is 0 Å². The van der Waals surface area contributed by atoms with Crippen LogP contribution in [0.1, 0.15) is 52.7 Å². The summed E-state index contributed by atoms with van der Waals surface area (Å²) in [4.78, 5) is 12.0. The molecule has 1 aliphatic heterocycles. The fourth-order valence-electron chi connectivity index (χ4n) is 3.89. The summed E-state index contributed by atoms with van der Waals surface area (Å²) in [6.45, 7) is 6.56. The third-order valence-electron chi connectivity index (χ3n) is 6.04. The summed E-state index contributed by atoms with van der Waals surface area (Å²) in [6, 6.07) is 16.0. The van der Waals surface area contributed by atoms with Gasteiger partial charge in [0, 0.05) is 25.2 Å². The van der Waals surface area contributed by atoms with E-state index in [2.05, 4.69) is 34.4 Å². The Hall–Kier alpha value is -3.02. The maximum absolute atomic E-state index is 12.2. The summed E-state index contributed by atoms with van der Waals surface area (Å²) in [7, 11) is -1.60. The first-order valence-electron chi connectivity index (χ1n) is 12.3. The number of carbonyl (C=O) groups excluding carboxylic acids is 1. The van der Waals surface area contributed by atoms with Crippen molar-refractivity contribution in [3.63, 3.8) is 0 Å². The lowest BCUT2D eigenvalue weighted by atomic mass is 10.1. The van der Waals surface area contributed by atoms with Crippen LogP contribution >= 0.6 is 0 Å². The van der Waals surface area contributed by atoms with E-state index in [9.17, 15) is 28.0 Å². The van der Waals surface area contributed by atoms with Gasteiger partial charge in [-0.15, -0.1) is 0 Å². The molecule has 5 N–H and O–H groups in total. The lowest BCUT2D eigenvalue weighted by Gasteiger charge is -2.24. The highest BCUT2D eigenvalue weighted by atomic mass is 32.2. The summed E-state index contributed by atoms with van der Waals surface area (Å²) in [5.41, 5.74) is 3.87. The van der Waals surface area contributed by atoms with Gasteiger partial charge in [0.1, 0.15) is 17.9 Å². The zero-order valence-corrected chi connectivity index (χ0v) is 22.3. The third-order valence-corrected chi connectivity index (χ3v) is 7.15. The SMILES string of the molecule is CCc1cccc(CNCC(O)C(C)NC(O)c2ccc3c(c2)S(=O)NC3=O)c1.Cc1cc(F)cc(F)c1. The molecule has 1 amide bonds. The van der Waals surface area contributed by atoms with E-state index >= 15 is 0 Å². The first-order chi connectivity index (χ1) is 18.1. The van der Waals surface area contributed by atoms with Crippen molar-refractivity contribution in [1.29, 1.82) is 0 Å². The molecule has 1 aliphatic rings. The highest BCUT2D eigenvalue weighted by Gasteiger charge is 2.27. The van der Waals surface area contributed by atoms with Crippen LogP contribution in [0.4, 0.5) is 8.78 Å². The van der Waals surface area contributed by atoms with Gasteiger partial charge < -0.3 is 15.5 Å². The molecule has 38 heavy (non-hydrogen) atoms. The van der Waals surface area contributed by atoms with Crippen LogP contribution in [-0.4, -0.2) is 39.0 Å². The van der Waals surface area contributed by atoms with Crippen LogP contribution in [0.25, 0.3) is 0 Å². The Morgan fingerprint density at radius 2 is 1.68 bits per heavy atom. The fraction of sp³-hybridized carbons (Fsp3) is 0.321. The summed E-state index contributed by atoms with van der Waals surface area (Å²) >= 11 is 0. The number of carbonyl (C=O) groups is 1. The van der Waals surface area contributed by atoms with Crippen molar-refractivity contribution in [3.05, 3.63) is 100 Å². The van der Waals surface area contributed by atoms with E-state index in [0.717, 1.165) is 18.1 Å². The molecule has 0 radical (unpaired) electrons. The molecule has 4 unspecified atom stereocenters.